The van der Waals surface area contributed by atoms with Gasteiger partial charge in [0.1, 0.15) is 12.4 Å². The van der Waals surface area contributed by atoms with Crippen molar-refractivity contribution in [2.45, 2.75) is 27.2 Å². The summed E-state index contributed by atoms with van der Waals surface area (Å²) in [6, 6.07) is 0. The Labute approximate surface area is 78.7 Å². The summed E-state index contributed by atoms with van der Waals surface area (Å²) in [5.41, 5.74) is 0.303. The van der Waals surface area contributed by atoms with E-state index < -0.39 is 0 Å². The first-order valence-electron chi connectivity index (χ1n) is 4.73. The highest BCUT2D eigenvalue weighted by molar-refractivity contribution is 4.96. The topological polar surface area (TPSA) is 27.1 Å². The molecule has 0 saturated carbocycles. The number of hydrogen-bond donors (Lipinski definition) is 0. The SMILES string of the molecule is CC(C)(C)C1COn2ccnc2C1. The van der Waals surface area contributed by atoms with Gasteiger partial charge < -0.3 is 4.84 Å². The smallest absolute Gasteiger partial charge is 0.145 e. The lowest BCUT2D eigenvalue weighted by atomic mass is 9.79. The Morgan fingerprint density at radius 3 is 3.00 bits per heavy atom. The van der Waals surface area contributed by atoms with Gasteiger partial charge in [0.15, 0.2) is 0 Å². The fourth-order valence-electron chi connectivity index (χ4n) is 1.59. The normalized spacial score (nSPS) is 22.2. The Morgan fingerprint density at radius 2 is 2.31 bits per heavy atom. The van der Waals surface area contributed by atoms with Crippen molar-refractivity contribution in [3.05, 3.63) is 18.2 Å². The van der Waals surface area contributed by atoms with Crippen molar-refractivity contribution in [2.75, 3.05) is 6.61 Å². The number of rotatable bonds is 0. The second-order valence-electron chi connectivity index (χ2n) is 4.73. The molecule has 13 heavy (non-hydrogen) atoms. The summed E-state index contributed by atoms with van der Waals surface area (Å²) in [5, 5.41) is 0. The molecule has 0 aromatic carbocycles. The van der Waals surface area contributed by atoms with Crippen LogP contribution in [0, 0.1) is 11.3 Å². The van der Waals surface area contributed by atoms with E-state index >= 15 is 0 Å². The number of imidazole rings is 1. The van der Waals surface area contributed by atoms with Gasteiger partial charge in [-0.05, 0) is 5.41 Å². The van der Waals surface area contributed by atoms with Crippen molar-refractivity contribution < 1.29 is 4.84 Å². The van der Waals surface area contributed by atoms with E-state index in [-0.39, 0.29) is 0 Å². The zero-order valence-corrected chi connectivity index (χ0v) is 8.45. The summed E-state index contributed by atoms with van der Waals surface area (Å²) < 4.78 is 1.78. The Bertz CT molecular complexity index is 298. The predicted molar refractivity (Wildman–Crippen MR) is 50.3 cm³/mol. The molecule has 1 atom stereocenters. The third-order valence-corrected chi connectivity index (χ3v) is 2.75. The van der Waals surface area contributed by atoms with Crippen LogP contribution in [-0.4, -0.2) is 16.3 Å². The molecule has 0 fully saturated rings. The van der Waals surface area contributed by atoms with E-state index in [4.69, 9.17) is 4.84 Å². The maximum Gasteiger partial charge on any atom is 0.145 e. The molecule has 3 heteroatoms. The van der Waals surface area contributed by atoms with Crippen LogP contribution in [0.5, 0.6) is 0 Å². The minimum Gasteiger partial charge on any atom is -0.412 e. The molecular weight excluding hydrogens is 164 g/mol. The van der Waals surface area contributed by atoms with Crippen LogP contribution < -0.4 is 4.84 Å². The summed E-state index contributed by atoms with van der Waals surface area (Å²) >= 11 is 0. The quantitative estimate of drug-likeness (QED) is 0.605. The monoisotopic (exact) mass is 180 g/mol. The minimum atomic E-state index is 0.303. The Morgan fingerprint density at radius 1 is 1.54 bits per heavy atom. The van der Waals surface area contributed by atoms with Gasteiger partial charge in [0.25, 0.3) is 0 Å². The molecule has 0 N–H and O–H groups in total. The first-order chi connectivity index (χ1) is 6.07. The van der Waals surface area contributed by atoms with E-state index in [2.05, 4.69) is 25.8 Å². The molecule has 0 spiro atoms. The van der Waals surface area contributed by atoms with Crippen LogP contribution in [-0.2, 0) is 6.42 Å². The average molecular weight is 180 g/mol. The number of fused-ring (bicyclic) bond motifs is 1. The standard InChI is InChI=1S/C10H16N2O/c1-10(2,3)8-6-9-11-4-5-12(9)13-7-8/h4-5,8H,6-7H2,1-3H3. The highest BCUT2D eigenvalue weighted by Gasteiger charge is 2.30. The molecule has 0 amide bonds. The number of hydrogen-bond acceptors (Lipinski definition) is 2. The second-order valence-corrected chi connectivity index (χ2v) is 4.73. The van der Waals surface area contributed by atoms with Crippen LogP contribution in [0.15, 0.2) is 12.4 Å². The van der Waals surface area contributed by atoms with E-state index in [1.165, 1.54) is 0 Å². The fraction of sp³-hybridized carbons (Fsp3) is 0.700. The van der Waals surface area contributed by atoms with Gasteiger partial charge in [-0.2, -0.15) is 4.73 Å². The first kappa shape index (κ1) is 8.60. The van der Waals surface area contributed by atoms with Crippen LogP contribution in [0.2, 0.25) is 0 Å². The lowest BCUT2D eigenvalue weighted by Gasteiger charge is -2.33. The number of aromatic nitrogens is 2. The molecule has 2 heterocycles. The lowest BCUT2D eigenvalue weighted by molar-refractivity contribution is 0.00866. The van der Waals surface area contributed by atoms with Crippen molar-refractivity contribution >= 4 is 0 Å². The molecule has 0 aliphatic carbocycles. The van der Waals surface area contributed by atoms with Gasteiger partial charge in [-0.25, -0.2) is 4.98 Å². The minimum absolute atomic E-state index is 0.303. The summed E-state index contributed by atoms with van der Waals surface area (Å²) in [6.07, 6.45) is 4.69. The van der Waals surface area contributed by atoms with Crippen LogP contribution in [0.4, 0.5) is 0 Å². The van der Waals surface area contributed by atoms with Crippen LogP contribution in [0.3, 0.4) is 0 Å². The van der Waals surface area contributed by atoms with Gasteiger partial charge >= 0.3 is 0 Å². The summed E-state index contributed by atoms with van der Waals surface area (Å²) in [5.74, 6) is 1.62. The molecule has 1 aliphatic rings. The zero-order chi connectivity index (χ0) is 9.47. The maximum absolute atomic E-state index is 5.56. The Balaban J connectivity index is 2.18. The third-order valence-electron chi connectivity index (χ3n) is 2.75. The largest absolute Gasteiger partial charge is 0.412 e. The molecule has 0 bridgehead atoms. The summed E-state index contributed by atoms with van der Waals surface area (Å²) in [7, 11) is 0. The van der Waals surface area contributed by atoms with Crippen molar-refractivity contribution in [2.24, 2.45) is 11.3 Å². The lowest BCUT2D eigenvalue weighted by Crippen LogP contribution is -2.36. The fourth-order valence-corrected chi connectivity index (χ4v) is 1.59. The van der Waals surface area contributed by atoms with Gasteiger partial charge in [-0.1, -0.05) is 20.8 Å². The zero-order valence-electron chi connectivity index (χ0n) is 8.45. The highest BCUT2D eigenvalue weighted by Crippen LogP contribution is 2.30. The molecule has 2 rings (SSSR count). The van der Waals surface area contributed by atoms with Crippen molar-refractivity contribution in [1.82, 2.24) is 9.71 Å². The van der Waals surface area contributed by atoms with Gasteiger partial charge in [-0.15, -0.1) is 0 Å². The highest BCUT2D eigenvalue weighted by atomic mass is 16.7. The molecule has 72 valence electrons. The Kier molecular flexibility index (Phi) is 1.82. The van der Waals surface area contributed by atoms with Crippen molar-refractivity contribution in [3.63, 3.8) is 0 Å². The maximum atomic E-state index is 5.56. The third kappa shape index (κ3) is 1.55. The molecule has 3 nitrogen and oxygen atoms in total. The van der Waals surface area contributed by atoms with Crippen molar-refractivity contribution in [3.8, 4) is 0 Å². The van der Waals surface area contributed by atoms with E-state index in [0.717, 1.165) is 18.9 Å². The van der Waals surface area contributed by atoms with Crippen LogP contribution >= 0.6 is 0 Å². The molecule has 1 aliphatic heterocycles. The number of nitrogens with zero attached hydrogens (tertiary/aromatic N) is 2. The van der Waals surface area contributed by atoms with E-state index in [1.54, 1.807) is 10.9 Å². The molecule has 1 unspecified atom stereocenters. The van der Waals surface area contributed by atoms with Gasteiger partial charge in [0.05, 0.1) is 6.20 Å². The molecular formula is C10H16N2O. The molecule has 1 aromatic heterocycles. The van der Waals surface area contributed by atoms with Gasteiger partial charge in [0, 0.05) is 18.5 Å². The predicted octanol–water partition coefficient (Wildman–Crippen LogP) is 1.53. The average Bonchev–Trinajstić information content (AvgIpc) is 2.47. The summed E-state index contributed by atoms with van der Waals surface area (Å²) in [4.78, 5) is 9.82. The van der Waals surface area contributed by atoms with Gasteiger partial charge in [-0.3, -0.25) is 0 Å². The second kappa shape index (κ2) is 2.76. The summed E-state index contributed by atoms with van der Waals surface area (Å²) in [6.45, 7) is 7.55. The van der Waals surface area contributed by atoms with E-state index in [9.17, 15) is 0 Å². The van der Waals surface area contributed by atoms with Crippen LogP contribution in [0.25, 0.3) is 0 Å². The molecule has 0 radical (unpaired) electrons. The Hall–Kier alpha value is -0.990. The van der Waals surface area contributed by atoms with Crippen LogP contribution in [0.1, 0.15) is 26.6 Å². The van der Waals surface area contributed by atoms with Gasteiger partial charge in [0.2, 0.25) is 0 Å². The van der Waals surface area contributed by atoms with E-state index in [1.807, 2.05) is 6.20 Å². The molecule has 0 saturated heterocycles. The first-order valence-corrected chi connectivity index (χ1v) is 4.73. The molecule has 1 aromatic rings. The van der Waals surface area contributed by atoms with E-state index in [0.29, 0.717) is 11.3 Å². The van der Waals surface area contributed by atoms with Crippen molar-refractivity contribution in [1.29, 1.82) is 0 Å².